The van der Waals surface area contributed by atoms with E-state index in [2.05, 4.69) is 21.3 Å². The number of phenolic OH excluding ortho intramolecular Hbond substituents is 2. The minimum Gasteiger partial charge on any atom is -0.508 e. The Morgan fingerprint density at radius 1 is 0.453 bits per heavy atom. The Hall–Kier alpha value is -8.91. The molecule has 0 heterocycles. The first-order chi connectivity index (χ1) is 44.2. The first-order valence-electron chi connectivity index (χ1n) is 32.0. The lowest BCUT2D eigenvalue weighted by Gasteiger charge is -2.25. The molecule has 0 aliphatic carbocycles. The fourth-order valence-corrected chi connectivity index (χ4v) is 10.0. The molecule has 5 atom stereocenters. The van der Waals surface area contributed by atoms with Crippen LogP contribution in [0.3, 0.4) is 0 Å². The second-order valence-corrected chi connectivity index (χ2v) is 25.8. The predicted octanol–water partition coefficient (Wildman–Crippen LogP) is 13.2. The minimum absolute atomic E-state index is 0. The largest absolute Gasteiger partial charge is 0.508 e. The van der Waals surface area contributed by atoms with E-state index < -0.39 is 59.5 Å². The fourth-order valence-electron chi connectivity index (χ4n) is 10.0. The Bertz CT molecular complexity index is 3210. The molecule has 0 fully saturated rings. The highest BCUT2D eigenvalue weighted by Crippen LogP contribution is 2.26. The van der Waals surface area contributed by atoms with Crippen molar-refractivity contribution in [2.24, 2.45) is 17.6 Å². The van der Waals surface area contributed by atoms with Crippen LogP contribution in [0.1, 0.15) is 171 Å². The maximum Gasteiger partial charge on any atom is 0.408 e. The van der Waals surface area contributed by atoms with Crippen molar-refractivity contribution >= 4 is 53.3 Å². The highest BCUT2D eigenvalue weighted by molar-refractivity contribution is 5.93. The number of ether oxygens (including phenoxy) is 4. The first-order valence-corrected chi connectivity index (χ1v) is 32.0. The van der Waals surface area contributed by atoms with Crippen molar-refractivity contribution in [3.05, 3.63) is 165 Å². The van der Waals surface area contributed by atoms with Gasteiger partial charge in [-0.15, -0.1) is 0 Å². The molecule has 4 amide bonds. The molecule has 0 radical (unpaired) electrons. The third kappa shape index (κ3) is 34.2. The number of nitrogens with two attached hydrogens (primary N) is 1. The Morgan fingerprint density at radius 3 is 1.15 bits per heavy atom. The quantitative estimate of drug-likeness (QED) is 0.0160. The SMILES string of the molecule is C.CC(=O)C(CCCCNC(=O)OC(C)(C)C)CC(=O)C(Cc1c(C)cc(O)cc1C)NC(=O)OCc1ccccc1.CC(=O)C(CCCCNC(=O)OCc1ccccc1)CC(=O)C(Cc1c(C)cc(O)cc1C)NC(=O)OC(C)(C)C.CC(=O)C(N)Cc1ccccc1. The lowest BCUT2D eigenvalue weighted by Crippen LogP contribution is -2.45. The van der Waals surface area contributed by atoms with Gasteiger partial charge in [-0.3, -0.25) is 24.0 Å². The molecular weight excluding hydrogens is 1210 g/mol. The van der Waals surface area contributed by atoms with E-state index in [9.17, 15) is 53.4 Å². The topological polar surface area (TPSA) is 305 Å². The summed E-state index contributed by atoms with van der Waals surface area (Å²) in [7, 11) is 0. The molecular formula is C75H105N5O15. The van der Waals surface area contributed by atoms with Crippen molar-refractivity contribution in [2.75, 3.05) is 13.1 Å². The zero-order valence-corrected chi connectivity index (χ0v) is 57.2. The molecule has 5 rings (SSSR count). The molecule has 0 aromatic heterocycles. The fraction of sp³-hybridized carbons (Fsp3) is 0.480. The van der Waals surface area contributed by atoms with Gasteiger partial charge in [-0.25, -0.2) is 19.2 Å². The summed E-state index contributed by atoms with van der Waals surface area (Å²) in [5, 5.41) is 30.7. The average molecular weight is 1320 g/mol. The number of aromatic hydroxyl groups is 2. The van der Waals surface area contributed by atoms with E-state index in [0.29, 0.717) is 58.0 Å². The van der Waals surface area contributed by atoms with E-state index in [0.717, 1.165) is 50.1 Å². The summed E-state index contributed by atoms with van der Waals surface area (Å²) >= 11 is 0. The molecule has 8 N–H and O–H groups in total. The van der Waals surface area contributed by atoms with Crippen LogP contribution in [0.4, 0.5) is 19.2 Å². The highest BCUT2D eigenvalue weighted by atomic mass is 16.6. The lowest BCUT2D eigenvalue weighted by atomic mass is 9.87. The number of carbonyl (C=O) groups is 9. The van der Waals surface area contributed by atoms with Crippen molar-refractivity contribution < 1.29 is 72.3 Å². The van der Waals surface area contributed by atoms with Crippen LogP contribution in [0.2, 0.25) is 0 Å². The van der Waals surface area contributed by atoms with E-state index in [4.69, 9.17) is 24.7 Å². The number of amides is 4. The number of phenols is 2. The molecule has 0 aliphatic rings. The minimum atomic E-state index is -0.920. The average Bonchev–Trinajstić information content (AvgIpc) is 0.944. The maximum absolute atomic E-state index is 13.5. The second-order valence-electron chi connectivity index (χ2n) is 25.8. The van der Waals surface area contributed by atoms with Crippen molar-refractivity contribution in [1.82, 2.24) is 21.3 Å². The van der Waals surface area contributed by atoms with Crippen LogP contribution < -0.4 is 27.0 Å². The van der Waals surface area contributed by atoms with Gasteiger partial charge in [0.15, 0.2) is 11.6 Å². The molecule has 0 saturated carbocycles. The number of nitrogens with one attached hydrogen (secondary N) is 4. The summed E-state index contributed by atoms with van der Waals surface area (Å²) in [4.78, 5) is 112. The molecule has 5 unspecified atom stereocenters. The molecule has 0 saturated heterocycles. The van der Waals surface area contributed by atoms with Gasteiger partial charge in [0, 0.05) is 50.6 Å². The molecule has 95 heavy (non-hydrogen) atoms. The number of Topliss-reactive ketones (excluding diaryl/α,β-unsaturated/α-hetero) is 5. The predicted molar refractivity (Wildman–Crippen MR) is 369 cm³/mol. The molecule has 0 bridgehead atoms. The highest BCUT2D eigenvalue weighted by Gasteiger charge is 2.31. The van der Waals surface area contributed by atoms with Crippen LogP contribution in [-0.2, 0) is 75.4 Å². The molecule has 0 aliphatic heterocycles. The number of unbranched alkanes of at least 4 members (excludes halogenated alkanes) is 2. The zero-order valence-electron chi connectivity index (χ0n) is 57.2. The second kappa shape index (κ2) is 41.7. The van der Waals surface area contributed by atoms with E-state index in [1.807, 2.05) is 119 Å². The van der Waals surface area contributed by atoms with Gasteiger partial charge in [-0.05, 0) is 196 Å². The summed E-state index contributed by atoms with van der Waals surface area (Å²) < 4.78 is 21.2. The molecule has 20 nitrogen and oxygen atoms in total. The van der Waals surface area contributed by atoms with Gasteiger partial charge in [0.25, 0.3) is 0 Å². The van der Waals surface area contributed by atoms with Gasteiger partial charge in [0.1, 0.15) is 53.3 Å². The Kier molecular flexibility index (Phi) is 36.1. The van der Waals surface area contributed by atoms with E-state index in [-0.39, 0.29) is 92.8 Å². The number of rotatable bonds is 31. The molecule has 20 heteroatoms. The van der Waals surface area contributed by atoms with Gasteiger partial charge in [-0.1, -0.05) is 111 Å². The molecule has 520 valence electrons. The summed E-state index contributed by atoms with van der Waals surface area (Å²) in [6, 6.07) is 32.7. The van der Waals surface area contributed by atoms with Gasteiger partial charge >= 0.3 is 24.4 Å². The number of aryl methyl sites for hydroxylation is 4. The third-order valence-electron chi connectivity index (χ3n) is 15.1. The number of hydrogen-bond donors (Lipinski definition) is 7. The Labute approximate surface area is 562 Å². The zero-order chi connectivity index (χ0) is 70.1. The van der Waals surface area contributed by atoms with Crippen molar-refractivity contribution in [3.63, 3.8) is 0 Å². The van der Waals surface area contributed by atoms with Gasteiger partial charge in [0.2, 0.25) is 0 Å². The maximum atomic E-state index is 13.5. The number of alkyl carbamates (subject to hydrolysis) is 4. The normalized spacial score (nSPS) is 12.5. The summed E-state index contributed by atoms with van der Waals surface area (Å²) in [5.41, 5.74) is 11.9. The summed E-state index contributed by atoms with van der Waals surface area (Å²) in [6.07, 6.45) is 1.95. The van der Waals surface area contributed by atoms with Crippen LogP contribution in [0.5, 0.6) is 11.5 Å². The Morgan fingerprint density at radius 2 is 0.789 bits per heavy atom. The lowest BCUT2D eigenvalue weighted by molar-refractivity contribution is -0.128. The monoisotopic (exact) mass is 1320 g/mol. The first kappa shape index (κ1) is 82.2. The van der Waals surface area contributed by atoms with Gasteiger partial charge < -0.3 is 56.2 Å². The number of benzene rings is 5. The van der Waals surface area contributed by atoms with Crippen molar-refractivity contribution in [2.45, 2.75) is 211 Å². The van der Waals surface area contributed by atoms with E-state index in [1.165, 1.54) is 20.8 Å². The van der Waals surface area contributed by atoms with Crippen LogP contribution in [0.15, 0.2) is 115 Å². The van der Waals surface area contributed by atoms with Crippen LogP contribution in [0.25, 0.3) is 0 Å². The third-order valence-corrected chi connectivity index (χ3v) is 15.1. The summed E-state index contributed by atoms with van der Waals surface area (Å²) in [5.74, 6) is -1.51. The standard InChI is InChI=1S/2C32H44N2O7.C10H13NO.CH4/c1-21-16-26(36)17-22(2)27(21)19-28(34-31(39)40-20-24-12-8-7-9-13-24)29(37)18-25(23(3)35)14-10-11-15-33-30(38)41-32(4,5)6;1-21-16-26(36)17-22(2)27(21)19-28(34-31(39)41-32(4,5)6)29(37)18-25(23(3)35)14-10-11-15-33-30(38)40-20-24-12-8-7-9-13-24;1-8(12)10(11)7-9-5-3-2-4-6-9;/h2*7-9,12-13,16-17,25,28,36H,10-11,14-15,18-20H2,1-6H3,(H,33,38)(H,34,39);2-6,10H,7,11H2,1H3;1H4. The molecule has 5 aromatic rings. The molecule has 0 spiro atoms. The van der Waals surface area contributed by atoms with Crippen LogP contribution in [-0.4, -0.2) is 106 Å². The van der Waals surface area contributed by atoms with Gasteiger partial charge in [-0.2, -0.15) is 0 Å². The van der Waals surface area contributed by atoms with Crippen molar-refractivity contribution in [1.29, 1.82) is 0 Å². The smallest absolute Gasteiger partial charge is 0.408 e. The van der Waals surface area contributed by atoms with E-state index >= 15 is 0 Å². The van der Waals surface area contributed by atoms with Gasteiger partial charge in [0.05, 0.1) is 18.1 Å². The van der Waals surface area contributed by atoms with E-state index in [1.54, 1.807) is 65.8 Å². The summed E-state index contributed by atoms with van der Waals surface area (Å²) in [6.45, 7) is 23.4. The molecule has 5 aromatic carbocycles. The number of carbonyl (C=O) groups excluding carboxylic acids is 9. The van der Waals surface area contributed by atoms with Crippen LogP contribution in [0, 0.1) is 39.5 Å². The number of ketones is 5. The van der Waals surface area contributed by atoms with Crippen LogP contribution >= 0.6 is 0 Å². The van der Waals surface area contributed by atoms with Crippen molar-refractivity contribution in [3.8, 4) is 11.5 Å². The Balaban J connectivity index is 0.000000544. The number of hydrogen-bond acceptors (Lipinski definition) is 16.